The molecule has 2 N–H and O–H groups in total. The van der Waals surface area contributed by atoms with Crippen molar-refractivity contribution in [3.8, 4) is 0 Å². The van der Waals surface area contributed by atoms with Gasteiger partial charge in [-0.25, -0.2) is 0 Å². The molecule has 6 unspecified atom stereocenters. The van der Waals surface area contributed by atoms with Crippen LogP contribution in [0.25, 0.3) is 0 Å². The molecular weight excluding hydrogens is 382 g/mol. The van der Waals surface area contributed by atoms with Gasteiger partial charge in [-0.3, -0.25) is 4.90 Å². The summed E-state index contributed by atoms with van der Waals surface area (Å²) in [6.45, 7) is 3.06. The van der Waals surface area contributed by atoms with Crippen LogP contribution in [0, 0.1) is 11.8 Å². The lowest BCUT2D eigenvalue weighted by Gasteiger charge is -2.54. The Morgan fingerprint density at radius 2 is 1.94 bits per heavy atom. The van der Waals surface area contributed by atoms with Crippen molar-refractivity contribution in [1.29, 1.82) is 0 Å². The number of aliphatic hydroxyl groups is 2. The van der Waals surface area contributed by atoms with E-state index in [0.29, 0.717) is 24.9 Å². The number of fused-ring (bicyclic) bond motifs is 5. The van der Waals surface area contributed by atoms with Gasteiger partial charge in [0.25, 0.3) is 0 Å². The van der Waals surface area contributed by atoms with Crippen LogP contribution in [0.2, 0.25) is 0 Å². The van der Waals surface area contributed by atoms with Crippen molar-refractivity contribution >= 4 is 0 Å². The average molecular weight is 420 g/mol. The summed E-state index contributed by atoms with van der Waals surface area (Å²) in [5.41, 5.74) is 5.90. The van der Waals surface area contributed by atoms with Gasteiger partial charge in [-0.15, -0.1) is 0 Å². The van der Waals surface area contributed by atoms with Gasteiger partial charge in [-0.1, -0.05) is 61.9 Å². The van der Waals surface area contributed by atoms with Gasteiger partial charge < -0.3 is 10.2 Å². The second-order valence-corrected chi connectivity index (χ2v) is 10.2. The zero-order valence-electron chi connectivity index (χ0n) is 18.8. The van der Waals surface area contributed by atoms with Crippen molar-refractivity contribution in [3.05, 3.63) is 70.8 Å². The molecule has 0 bridgehead atoms. The molecule has 31 heavy (non-hydrogen) atoms. The zero-order valence-corrected chi connectivity index (χ0v) is 18.8. The van der Waals surface area contributed by atoms with Crippen LogP contribution in [0.1, 0.15) is 57.4 Å². The van der Waals surface area contributed by atoms with Gasteiger partial charge in [0.05, 0.1) is 12.2 Å². The number of nitrogens with zero attached hydrogens (tertiary/aromatic N) is 1. The predicted molar refractivity (Wildman–Crippen MR) is 126 cm³/mol. The molecule has 1 aromatic carbocycles. The van der Waals surface area contributed by atoms with Gasteiger partial charge in [0.15, 0.2) is 0 Å². The molecule has 2 aliphatic carbocycles. The molecule has 1 saturated heterocycles. The van der Waals surface area contributed by atoms with E-state index in [1.807, 2.05) is 0 Å². The van der Waals surface area contributed by atoms with E-state index in [-0.39, 0.29) is 12.0 Å². The third kappa shape index (κ3) is 4.20. The first-order valence-corrected chi connectivity index (χ1v) is 12.4. The van der Waals surface area contributed by atoms with E-state index >= 15 is 0 Å². The summed E-state index contributed by atoms with van der Waals surface area (Å²) >= 11 is 0. The quantitative estimate of drug-likeness (QED) is 0.720. The number of hydrogen-bond acceptors (Lipinski definition) is 3. The number of aryl methyl sites for hydroxylation is 1. The van der Waals surface area contributed by atoms with Crippen molar-refractivity contribution < 1.29 is 10.2 Å². The number of allylic oxidation sites excluding steroid dienone is 3. The fourth-order valence-electron chi connectivity index (χ4n) is 6.56. The van der Waals surface area contributed by atoms with Crippen LogP contribution in [0.15, 0.2) is 65.3 Å². The Morgan fingerprint density at radius 1 is 1.10 bits per heavy atom. The highest BCUT2D eigenvalue weighted by Gasteiger charge is 2.48. The van der Waals surface area contributed by atoms with Crippen molar-refractivity contribution in [2.75, 3.05) is 6.54 Å². The fourth-order valence-corrected chi connectivity index (χ4v) is 6.56. The SMILES string of the molecule is CC(CCCc1ccccc1)C1=CC2C(=C3CCCCC3N3CC(O)CC(O)C23)C=C1. The first-order valence-electron chi connectivity index (χ1n) is 12.4. The van der Waals surface area contributed by atoms with Crippen LogP contribution < -0.4 is 0 Å². The summed E-state index contributed by atoms with van der Waals surface area (Å²) in [6, 6.07) is 11.3. The number of aliphatic hydroxyl groups excluding tert-OH is 2. The molecular formula is C28H37NO2. The van der Waals surface area contributed by atoms with Crippen molar-refractivity contribution in [3.63, 3.8) is 0 Å². The monoisotopic (exact) mass is 419 g/mol. The molecule has 2 fully saturated rings. The van der Waals surface area contributed by atoms with Crippen LogP contribution in [0.3, 0.4) is 0 Å². The molecule has 5 rings (SSSR count). The Labute approximate surface area is 187 Å². The van der Waals surface area contributed by atoms with Crippen LogP contribution in [0.4, 0.5) is 0 Å². The summed E-state index contributed by atoms with van der Waals surface area (Å²) in [5.74, 6) is 0.791. The number of rotatable bonds is 5. The maximum atomic E-state index is 11.0. The van der Waals surface area contributed by atoms with Gasteiger partial charge in [-0.2, -0.15) is 0 Å². The molecule has 166 valence electrons. The van der Waals surface area contributed by atoms with E-state index in [4.69, 9.17) is 0 Å². The molecule has 4 aliphatic rings. The van der Waals surface area contributed by atoms with E-state index in [1.165, 1.54) is 55.2 Å². The molecule has 2 heterocycles. The first kappa shape index (κ1) is 21.2. The standard InChI is InChI=1S/C28H37NO2/c1-19(8-7-11-20-9-3-2-4-10-20)21-14-15-23-24-12-5-6-13-26(24)29-18-22(30)17-27(31)28(29)25(23)16-21/h2-4,9-10,14-16,19,22,25-28,30-31H,5-8,11-13,17-18H2,1H3. The topological polar surface area (TPSA) is 43.7 Å². The van der Waals surface area contributed by atoms with Crippen LogP contribution >= 0.6 is 0 Å². The molecule has 0 spiro atoms. The minimum Gasteiger partial charge on any atom is -0.392 e. The molecule has 1 saturated carbocycles. The second-order valence-electron chi connectivity index (χ2n) is 10.2. The predicted octanol–water partition coefficient (Wildman–Crippen LogP) is 4.81. The Balaban J connectivity index is 1.36. The third-order valence-corrected chi connectivity index (χ3v) is 8.13. The largest absolute Gasteiger partial charge is 0.392 e. The number of benzene rings is 1. The Morgan fingerprint density at radius 3 is 2.77 bits per heavy atom. The van der Waals surface area contributed by atoms with Gasteiger partial charge in [0.1, 0.15) is 0 Å². The van der Waals surface area contributed by atoms with Crippen molar-refractivity contribution in [1.82, 2.24) is 4.90 Å². The average Bonchev–Trinajstić information content (AvgIpc) is 2.79. The zero-order chi connectivity index (χ0) is 21.4. The maximum Gasteiger partial charge on any atom is 0.0729 e. The lowest BCUT2D eigenvalue weighted by molar-refractivity contribution is -0.0794. The minimum atomic E-state index is -0.454. The molecule has 3 nitrogen and oxygen atoms in total. The van der Waals surface area contributed by atoms with Crippen LogP contribution in [-0.4, -0.2) is 45.9 Å². The van der Waals surface area contributed by atoms with Gasteiger partial charge in [0, 0.05) is 31.0 Å². The second kappa shape index (κ2) is 9.05. The van der Waals surface area contributed by atoms with Gasteiger partial charge >= 0.3 is 0 Å². The van der Waals surface area contributed by atoms with Crippen molar-refractivity contribution in [2.45, 2.75) is 82.6 Å². The van der Waals surface area contributed by atoms with Gasteiger partial charge in [0.2, 0.25) is 0 Å². The first-order chi connectivity index (χ1) is 15.1. The van der Waals surface area contributed by atoms with Crippen molar-refractivity contribution in [2.24, 2.45) is 11.8 Å². The molecule has 0 amide bonds. The highest BCUT2D eigenvalue weighted by atomic mass is 16.3. The maximum absolute atomic E-state index is 11.0. The van der Waals surface area contributed by atoms with Gasteiger partial charge in [-0.05, 0) is 66.7 Å². The summed E-state index contributed by atoms with van der Waals surface area (Å²) in [5, 5.41) is 21.4. The molecule has 6 atom stereocenters. The summed E-state index contributed by atoms with van der Waals surface area (Å²) < 4.78 is 0. The lowest BCUT2D eigenvalue weighted by Crippen LogP contribution is -2.63. The van der Waals surface area contributed by atoms with Crippen LogP contribution in [0.5, 0.6) is 0 Å². The highest BCUT2D eigenvalue weighted by Crippen LogP contribution is 2.46. The normalized spacial score (nSPS) is 33.9. The molecule has 3 heteroatoms. The number of hydrogen-bond donors (Lipinski definition) is 2. The molecule has 0 aromatic heterocycles. The molecule has 1 aromatic rings. The Kier molecular flexibility index (Phi) is 6.19. The minimum absolute atomic E-state index is 0.113. The molecule has 0 radical (unpaired) electrons. The van der Waals surface area contributed by atoms with E-state index < -0.39 is 12.2 Å². The third-order valence-electron chi connectivity index (χ3n) is 8.13. The van der Waals surface area contributed by atoms with Crippen LogP contribution in [-0.2, 0) is 6.42 Å². The fraction of sp³-hybridized carbons (Fsp3) is 0.571. The van der Waals surface area contributed by atoms with E-state index in [2.05, 4.69) is 60.4 Å². The highest BCUT2D eigenvalue weighted by molar-refractivity contribution is 5.47. The smallest absolute Gasteiger partial charge is 0.0729 e. The summed E-state index contributed by atoms with van der Waals surface area (Å²) in [6.07, 6.45) is 15.2. The lowest BCUT2D eigenvalue weighted by atomic mass is 9.68. The van der Waals surface area contributed by atoms with E-state index in [0.717, 1.165) is 6.42 Å². The summed E-state index contributed by atoms with van der Waals surface area (Å²) in [7, 11) is 0. The van der Waals surface area contributed by atoms with E-state index in [1.54, 1.807) is 5.57 Å². The summed E-state index contributed by atoms with van der Waals surface area (Å²) in [4.78, 5) is 2.47. The molecule has 2 aliphatic heterocycles. The van der Waals surface area contributed by atoms with E-state index in [9.17, 15) is 10.2 Å². The Bertz CT molecular complexity index is 870. The Hall–Kier alpha value is -1.68. The number of piperidine rings is 1.